The average Bonchev–Trinajstić information content (AvgIpc) is 3.31. The van der Waals surface area contributed by atoms with Crippen LogP contribution in [0.4, 0.5) is 11.4 Å². The molecule has 3 amide bonds. The highest BCUT2D eigenvalue weighted by Gasteiger charge is 2.59. The summed E-state index contributed by atoms with van der Waals surface area (Å²) in [7, 11) is 1.62. The number of hydrogen-bond donors (Lipinski definition) is 1. The highest BCUT2D eigenvalue weighted by Crippen LogP contribution is 2.46. The molecular weight excluding hydrogens is 380 g/mol. The molecule has 3 atom stereocenters. The number of carbonyl (C=O) groups excluding carboxylic acids is 3. The van der Waals surface area contributed by atoms with Crippen LogP contribution in [-0.4, -0.2) is 42.4 Å². The minimum Gasteiger partial charge on any atom is -0.325 e. The van der Waals surface area contributed by atoms with Gasteiger partial charge in [-0.25, -0.2) is 6.57 Å². The molecule has 7 heteroatoms. The van der Waals surface area contributed by atoms with Crippen LogP contribution in [-0.2, 0) is 19.8 Å². The maximum atomic E-state index is 13.3. The largest absolute Gasteiger partial charge is 0.325 e. The molecule has 1 unspecified atom stereocenters. The zero-order valence-electron chi connectivity index (χ0n) is 16.8. The molecule has 0 bridgehead atoms. The first-order valence-electron chi connectivity index (χ1n) is 9.79. The summed E-state index contributed by atoms with van der Waals surface area (Å²) in [5.41, 5.74) is 1.26. The summed E-state index contributed by atoms with van der Waals surface area (Å²) in [4.78, 5) is 45.5. The van der Waals surface area contributed by atoms with E-state index in [1.807, 2.05) is 42.5 Å². The quantitative estimate of drug-likeness (QED) is 0.634. The molecule has 7 nitrogen and oxygen atoms in total. The van der Waals surface area contributed by atoms with Gasteiger partial charge < -0.3 is 10.2 Å². The number of likely N-dealkylation sites (tertiary alicyclic amines) is 1. The molecule has 2 aliphatic rings. The van der Waals surface area contributed by atoms with Gasteiger partial charge in [-0.15, -0.1) is 0 Å². The summed E-state index contributed by atoms with van der Waals surface area (Å²) in [6.07, 6.45) is -0.563. The van der Waals surface area contributed by atoms with Crippen LogP contribution < -0.4 is 10.2 Å². The third-order valence-corrected chi connectivity index (χ3v) is 6.10. The molecule has 0 radical (unpaired) electrons. The predicted molar refractivity (Wildman–Crippen MR) is 112 cm³/mol. The molecule has 1 saturated heterocycles. The minimum atomic E-state index is -0.964. The third kappa shape index (κ3) is 2.92. The van der Waals surface area contributed by atoms with Gasteiger partial charge in [0.2, 0.25) is 17.7 Å². The molecular formula is C23H22N4O3. The fourth-order valence-corrected chi connectivity index (χ4v) is 4.38. The first kappa shape index (κ1) is 19.6. The van der Waals surface area contributed by atoms with Crippen LogP contribution in [0.1, 0.15) is 18.9 Å². The Kier molecular flexibility index (Phi) is 4.78. The second-order valence-corrected chi connectivity index (χ2v) is 7.82. The Morgan fingerprint density at radius 2 is 1.87 bits per heavy atom. The number of nitrogens with one attached hydrogen (secondary N) is 1. The highest BCUT2D eigenvalue weighted by atomic mass is 16.2. The van der Waals surface area contributed by atoms with Crippen LogP contribution >= 0.6 is 0 Å². The lowest BCUT2D eigenvalue weighted by atomic mass is 9.80. The summed E-state index contributed by atoms with van der Waals surface area (Å²) < 4.78 is 0. The normalized spacial score (nSPS) is 22.9. The van der Waals surface area contributed by atoms with Crippen molar-refractivity contribution in [3.05, 3.63) is 71.6 Å². The fraction of sp³-hybridized carbons (Fsp3) is 0.304. The van der Waals surface area contributed by atoms with Crippen molar-refractivity contribution in [1.82, 2.24) is 4.90 Å². The van der Waals surface area contributed by atoms with Crippen LogP contribution in [0.2, 0.25) is 0 Å². The zero-order chi connectivity index (χ0) is 21.5. The number of anilines is 2. The van der Waals surface area contributed by atoms with Gasteiger partial charge in [-0.05, 0) is 30.7 Å². The smallest absolute Gasteiger partial charge is 0.302 e. The van der Waals surface area contributed by atoms with Gasteiger partial charge in [0.25, 0.3) is 0 Å². The number of para-hydroxylation sites is 2. The summed E-state index contributed by atoms with van der Waals surface area (Å²) >= 11 is 0. The molecule has 1 fully saturated rings. The topological polar surface area (TPSA) is 74.1 Å². The van der Waals surface area contributed by atoms with Gasteiger partial charge in [-0.3, -0.25) is 24.1 Å². The van der Waals surface area contributed by atoms with Gasteiger partial charge in [0.15, 0.2) is 0 Å². The van der Waals surface area contributed by atoms with Gasteiger partial charge in [0, 0.05) is 25.0 Å². The van der Waals surface area contributed by atoms with Gasteiger partial charge in [-0.1, -0.05) is 36.4 Å². The lowest BCUT2D eigenvalue weighted by Gasteiger charge is -2.25. The maximum Gasteiger partial charge on any atom is 0.302 e. The summed E-state index contributed by atoms with van der Waals surface area (Å²) in [6.45, 7) is 9.24. The van der Waals surface area contributed by atoms with E-state index in [4.69, 9.17) is 6.57 Å². The number of amides is 3. The van der Waals surface area contributed by atoms with Crippen molar-refractivity contribution in [2.45, 2.75) is 24.9 Å². The van der Waals surface area contributed by atoms with Crippen molar-refractivity contribution in [2.75, 3.05) is 23.8 Å². The second kappa shape index (κ2) is 7.30. The number of fused-ring (bicyclic) bond motifs is 2. The third-order valence-electron chi connectivity index (χ3n) is 6.10. The van der Waals surface area contributed by atoms with Gasteiger partial charge >= 0.3 is 6.17 Å². The lowest BCUT2D eigenvalue weighted by Crippen LogP contribution is -2.46. The van der Waals surface area contributed by atoms with Crippen LogP contribution in [0.5, 0.6) is 0 Å². The number of benzene rings is 2. The number of rotatable bonds is 3. The first-order chi connectivity index (χ1) is 14.4. The molecule has 0 saturated carbocycles. The lowest BCUT2D eigenvalue weighted by molar-refractivity contribution is -0.140. The molecule has 2 aromatic rings. The predicted octanol–water partition coefficient (Wildman–Crippen LogP) is 2.65. The van der Waals surface area contributed by atoms with E-state index in [0.717, 1.165) is 5.56 Å². The van der Waals surface area contributed by atoms with E-state index in [1.165, 1.54) is 9.80 Å². The molecule has 0 aromatic heterocycles. The summed E-state index contributed by atoms with van der Waals surface area (Å²) in [6, 6.07) is 16.4. The molecule has 2 heterocycles. The van der Waals surface area contributed by atoms with E-state index in [2.05, 4.69) is 10.2 Å². The van der Waals surface area contributed by atoms with Crippen LogP contribution in [0.25, 0.3) is 4.85 Å². The van der Waals surface area contributed by atoms with E-state index in [1.54, 1.807) is 26.1 Å². The van der Waals surface area contributed by atoms with E-state index >= 15 is 0 Å². The van der Waals surface area contributed by atoms with Gasteiger partial charge in [-0.2, -0.15) is 0 Å². The van der Waals surface area contributed by atoms with E-state index in [0.29, 0.717) is 11.4 Å². The van der Waals surface area contributed by atoms with Crippen molar-refractivity contribution in [3.8, 4) is 0 Å². The molecule has 2 aromatic carbocycles. The number of nitrogens with zero attached hydrogens (tertiary/aromatic N) is 3. The Bertz CT molecular complexity index is 1060. The minimum absolute atomic E-state index is 0.0917. The van der Waals surface area contributed by atoms with Crippen LogP contribution in [0, 0.1) is 12.5 Å². The van der Waals surface area contributed by atoms with Gasteiger partial charge in [0.1, 0.15) is 11.3 Å². The summed E-state index contributed by atoms with van der Waals surface area (Å²) in [5.74, 6) is -1.95. The Labute approximate surface area is 175 Å². The molecule has 4 rings (SSSR count). The zero-order valence-corrected chi connectivity index (χ0v) is 16.8. The molecule has 2 aliphatic heterocycles. The van der Waals surface area contributed by atoms with E-state index in [9.17, 15) is 14.4 Å². The molecule has 1 spiro atoms. The highest BCUT2D eigenvalue weighted by molar-refractivity contribution is 6.09. The maximum absolute atomic E-state index is 13.3. The van der Waals surface area contributed by atoms with Gasteiger partial charge in [0.05, 0.1) is 6.42 Å². The van der Waals surface area contributed by atoms with Crippen molar-refractivity contribution < 1.29 is 14.4 Å². The number of hydrogen-bond acceptors (Lipinski definition) is 3. The van der Waals surface area contributed by atoms with Crippen molar-refractivity contribution in [2.24, 2.45) is 5.92 Å². The Hall–Kier alpha value is -3.66. The van der Waals surface area contributed by atoms with Crippen LogP contribution in [0.3, 0.4) is 0 Å². The molecule has 30 heavy (non-hydrogen) atoms. The molecule has 152 valence electrons. The Morgan fingerprint density at radius 3 is 2.57 bits per heavy atom. The molecule has 1 N–H and O–H groups in total. The first-order valence-corrected chi connectivity index (χ1v) is 9.79. The van der Waals surface area contributed by atoms with E-state index < -0.39 is 23.4 Å². The van der Waals surface area contributed by atoms with Crippen molar-refractivity contribution in [1.29, 1.82) is 0 Å². The Balaban J connectivity index is 1.59. The SMILES string of the molecule is [C-]#[N+][C@@H]1C[C@@]2(CN1C(=O)C(C)C(=O)N(C)c1ccccc1)C(=O)Nc1ccccc12. The standard InChI is InChI=1S/C23H22N4O3/c1-15(20(28)26(3)16-9-5-4-6-10-16)21(29)27-14-23(13-19(27)24-2)17-11-7-8-12-18(17)25-22(23)30/h4-12,15,19H,13-14H2,1,3H3,(H,25,30)/t15?,19-,23-/m0/s1. The van der Waals surface area contributed by atoms with Crippen molar-refractivity contribution in [3.63, 3.8) is 0 Å². The molecule has 0 aliphatic carbocycles. The monoisotopic (exact) mass is 402 g/mol. The van der Waals surface area contributed by atoms with Crippen LogP contribution in [0.15, 0.2) is 54.6 Å². The fourth-order valence-electron chi connectivity index (χ4n) is 4.38. The summed E-state index contributed by atoms with van der Waals surface area (Å²) in [5, 5.41) is 2.87. The number of carbonyl (C=O) groups is 3. The van der Waals surface area contributed by atoms with E-state index in [-0.39, 0.29) is 24.8 Å². The average molecular weight is 402 g/mol. The van der Waals surface area contributed by atoms with Crippen molar-refractivity contribution >= 4 is 29.1 Å². The second-order valence-electron chi connectivity index (χ2n) is 7.82. The Morgan fingerprint density at radius 1 is 1.20 bits per heavy atom.